The second-order valence-corrected chi connectivity index (χ2v) is 5.90. The highest BCUT2D eigenvalue weighted by Gasteiger charge is 2.20. The third kappa shape index (κ3) is 3.70. The maximum Gasteiger partial charge on any atom is 0.123 e. The molecular weight excluding hydrogens is 362 g/mol. The molecule has 5 heteroatoms. The van der Waals surface area contributed by atoms with E-state index in [2.05, 4.69) is 42.8 Å². The summed E-state index contributed by atoms with van der Waals surface area (Å²) in [7, 11) is 1.72. The van der Waals surface area contributed by atoms with Gasteiger partial charge in [0.05, 0.1) is 19.8 Å². The van der Waals surface area contributed by atoms with Crippen LogP contribution in [0.2, 0.25) is 0 Å². The van der Waals surface area contributed by atoms with Gasteiger partial charge in [-0.05, 0) is 18.2 Å². The van der Waals surface area contributed by atoms with Crippen LogP contribution >= 0.6 is 31.9 Å². The molecule has 1 unspecified atom stereocenters. The molecule has 1 aromatic carbocycles. The van der Waals surface area contributed by atoms with Gasteiger partial charge in [-0.15, -0.1) is 0 Å². The van der Waals surface area contributed by atoms with E-state index in [0.717, 1.165) is 41.8 Å². The van der Waals surface area contributed by atoms with Crippen LogP contribution in [0.25, 0.3) is 0 Å². The summed E-state index contributed by atoms with van der Waals surface area (Å²) in [6, 6.07) is 6.13. The predicted octanol–water partition coefficient (Wildman–Crippen LogP) is 3.05. The summed E-state index contributed by atoms with van der Waals surface area (Å²) < 4.78 is 12.1. The van der Waals surface area contributed by atoms with E-state index in [1.54, 1.807) is 7.11 Å². The molecule has 1 saturated heterocycles. The van der Waals surface area contributed by atoms with Gasteiger partial charge in [0.1, 0.15) is 5.75 Å². The highest BCUT2D eigenvalue weighted by Crippen LogP contribution is 2.25. The Morgan fingerprint density at radius 1 is 1.50 bits per heavy atom. The molecule has 0 bridgehead atoms. The molecule has 1 aromatic rings. The summed E-state index contributed by atoms with van der Waals surface area (Å²) in [6.45, 7) is 3.63. The Morgan fingerprint density at radius 2 is 2.33 bits per heavy atom. The minimum atomic E-state index is 0.289. The van der Waals surface area contributed by atoms with Gasteiger partial charge in [0.2, 0.25) is 0 Å². The summed E-state index contributed by atoms with van der Waals surface area (Å²) >= 11 is 6.99. The van der Waals surface area contributed by atoms with Gasteiger partial charge in [0, 0.05) is 35.0 Å². The molecule has 0 amide bonds. The molecule has 0 saturated carbocycles. The topological polar surface area (TPSA) is 21.7 Å². The Balaban J connectivity index is 2.06. The average molecular weight is 379 g/mol. The molecule has 0 radical (unpaired) electrons. The third-order valence-electron chi connectivity index (χ3n) is 3.03. The van der Waals surface area contributed by atoms with Crippen molar-refractivity contribution in [3.05, 3.63) is 28.2 Å². The smallest absolute Gasteiger partial charge is 0.123 e. The molecule has 0 aromatic heterocycles. The molecule has 1 aliphatic rings. The summed E-state index contributed by atoms with van der Waals surface area (Å²) in [5, 5.41) is 0.888. The molecule has 0 N–H and O–H groups in total. The maximum atomic E-state index is 5.65. The molecule has 1 aliphatic heterocycles. The lowest BCUT2D eigenvalue weighted by molar-refractivity contribution is -0.0183. The molecule has 0 spiro atoms. The lowest BCUT2D eigenvalue weighted by Crippen LogP contribution is -2.42. The van der Waals surface area contributed by atoms with Crippen LogP contribution in [-0.2, 0) is 11.3 Å². The van der Waals surface area contributed by atoms with E-state index >= 15 is 0 Å². The lowest BCUT2D eigenvalue weighted by Gasteiger charge is -2.32. The fraction of sp³-hybridized carbons (Fsp3) is 0.538. The number of hydrogen-bond donors (Lipinski definition) is 0. The number of halogens is 2. The molecule has 2 rings (SSSR count). The number of ether oxygens (including phenoxy) is 2. The van der Waals surface area contributed by atoms with Gasteiger partial charge in [-0.25, -0.2) is 0 Å². The largest absolute Gasteiger partial charge is 0.496 e. The summed E-state index contributed by atoms with van der Waals surface area (Å²) in [6.07, 6.45) is 0.289. The monoisotopic (exact) mass is 377 g/mol. The first kappa shape index (κ1) is 14.3. The van der Waals surface area contributed by atoms with Crippen molar-refractivity contribution in [2.75, 3.05) is 32.1 Å². The summed E-state index contributed by atoms with van der Waals surface area (Å²) in [5.74, 6) is 0.945. The van der Waals surface area contributed by atoms with Gasteiger partial charge in [0.25, 0.3) is 0 Å². The van der Waals surface area contributed by atoms with Gasteiger partial charge in [0.15, 0.2) is 0 Å². The highest BCUT2D eigenvalue weighted by molar-refractivity contribution is 9.10. The summed E-state index contributed by atoms with van der Waals surface area (Å²) in [4.78, 5) is 2.40. The third-order valence-corrected chi connectivity index (χ3v) is 4.25. The van der Waals surface area contributed by atoms with Crippen LogP contribution in [0.4, 0.5) is 0 Å². The number of rotatable bonds is 4. The maximum absolute atomic E-state index is 5.65. The minimum Gasteiger partial charge on any atom is -0.496 e. The molecule has 1 atom stereocenters. The second-order valence-electron chi connectivity index (χ2n) is 4.34. The first-order valence-corrected chi connectivity index (χ1v) is 7.86. The van der Waals surface area contributed by atoms with E-state index in [1.165, 1.54) is 5.56 Å². The van der Waals surface area contributed by atoms with Crippen LogP contribution in [0.3, 0.4) is 0 Å². The van der Waals surface area contributed by atoms with Gasteiger partial charge < -0.3 is 9.47 Å². The fourth-order valence-corrected chi connectivity index (χ4v) is 2.93. The van der Waals surface area contributed by atoms with Crippen molar-refractivity contribution < 1.29 is 9.47 Å². The van der Waals surface area contributed by atoms with Crippen LogP contribution in [0.5, 0.6) is 5.75 Å². The van der Waals surface area contributed by atoms with E-state index in [0.29, 0.717) is 0 Å². The van der Waals surface area contributed by atoms with Crippen LogP contribution in [-0.4, -0.2) is 43.1 Å². The summed E-state index contributed by atoms with van der Waals surface area (Å²) in [5.41, 5.74) is 1.21. The zero-order chi connectivity index (χ0) is 13.0. The SMILES string of the molecule is COc1ccc(Br)cc1CN1CCOC(CBr)C1. The van der Waals surface area contributed by atoms with Gasteiger partial charge in [-0.3, -0.25) is 4.90 Å². The Labute approximate surface area is 125 Å². The number of methoxy groups -OCH3 is 1. The van der Waals surface area contributed by atoms with Gasteiger partial charge >= 0.3 is 0 Å². The molecule has 3 nitrogen and oxygen atoms in total. The van der Waals surface area contributed by atoms with Crippen molar-refractivity contribution in [2.45, 2.75) is 12.6 Å². The van der Waals surface area contributed by atoms with Crippen molar-refractivity contribution in [3.63, 3.8) is 0 Å². The quantitative estimate of drug-likeness (QED) is 0.751. The van der Waals surface area contributed by atoms with E-state index < -0.39 is 0 Å². The Hall–Kier alpha value is -0.100. The van der Waals surface area contributed by atoms with Gasteiger partial charge in [-0.1, -0.05) is 31.9 Å². The average Bonchev–Trinajstić information content (AvgIpc) is 2.39. The number of alkyl halides is 1. The van der Waals surface area contributed by atoms with Crippen molar-refractivity contribution in [1.29, 1.82) is 0 Å². The lowest BCUT2D eigenvalue weighted by atomic mass is 10.1. The minimum absolute atomic E-state index is 0.289. The highest BCUT2D eigenvalue weighted by atomic mass is 79.9. The zero-order valence-corrected chi connectivity index (χ0v) is 13.5. The Bertz CT molecular complexity index is 401. The van der Waals surface area contributed by atoms with Crippen molar-refractivity contribution in [2.24, 2.45) is 0 Å². The van der Waals surface area contributed by atoms with Crippen molar-refractivity contribution in [3.8, 4) is 5.75 Å². The molecule has 0 aliphatic carbocycles. The first-order valence-electron chi connectivity index (χ1n) is 5.95. The molecule has 1 heterocycles. The van der Waals surface area contributed by atoms with Crippen molar-refractivity contribution >= 4 is 31.9 Å². The van der Waals surface area contributed by atoms with Crippen LogP contribution in [0.15, 0.2) is 22.7 Å². The fourth-order valence-electron chi connectivity index (χ4n) is 2.13. The van der Waals surface area contributed by atoms with Gasteiger partial charge in [-0.2, -0.15) is 0 Å². The second kappa shape index (κ2) is 6.89. The molecule has 100 valence electrons. The normalized spacial score (nSPS) is 20.9. The van der Waals surface area contributed by atoms with Crippen molar-refractivity contribution in [1.82, 2.24) is 4.90 Å². The van der Waals surface area contributed by atoms with E-state index in [9.17, 15) is 0 Å². The predicted molar refractivity (Wildman–Crippen MR) is 79.5 cm³/mol. The molecular formula is C13H17Br2NO2. The van der Waals surface area contributed by atoms with E-state index in [1.807, 2.05) is 12.1 Å². The molecule has 18 heavy (non-hydrogen) atoms. The number of morpholine rings is 1. The zero-order valence-electron chi connectivity index (χ0n) is 10.4. The van der Waals surface area contributed by atoms with Crippen LogP contribution in [0, 0.1) is 0 Å². The molecule has 1 fully saturated rings. The van der Waals surface area contributed by atoms with Crippen LogP contribution in [0.1, 0.15) is 5.56 Å². The van der Waals surface area contributed by atoms with E-state index in [4.69, 9.17) is 9.47 Å². The number of hydrogen-bond acceptors (Lipinski definition) is 3. The Morgan fingerprint density at radius 3 is 3.06 bits per heavy atom. The van der Waals surface area contributed by atoms with E-state index in [-0.39, 0.29) is 6.10 Å². The first-order chi connectivity index (χ1) is 8.72. The number of nitrogens with zero attached hydrogens (tertiary/aromatic N) is 1. The van der Waals surface area contributed by atoms with Crippen LogP contribution < -0.4 is 4.74 Å². The Kier molecular flexibility index (Phi) is 5.48. The standard InChI is InChI=1S/C13H17Br2NO2/c1-17-13-3-2-11(15)6-10(13)8-16-4-5-18-12(7-14)9-16/h2-3,6,12H,4-5,7-9H2,1H3. The number of benzene rings is 1.